The average molecular weight is 351 g/mol. The highest BCUT2D eigenvalue weighted by Gasteiger charge is 2.22. The molecule has 0 spiro atoms. The predicted octanol–water partition coefficient (Wildman–Crippen LogP) is 2.46. The maximum absolute atomic E-state index is 11.4. The Morgan fingerprint density at radius 3 is 1.83 bits per heavy atom. The minimum Gasteiger partial charge on any atom is -0.316 e. The number of rotatable bonds is 14. The monoisotopic (exact) mass is 351 g/mol. The van der Waals surface area contributed by atoms with Crippen LogP contribution in [-0.4, -0.2) is 33.9 Å². The van der Waals surface area contributed by atoms with Crippen molar-refractivity contribution in [3.63, 3.8) is 0 Å². The van der Waals surface area contributed by atoms with Crippen molar-refractivity contribution in [1.82, 2.24) is 5.32 Å². The Bertz CT molecular complexity index is 435. The Balaban J connectivity index is 3.68. The minimum absolute atomic E-state index is 0.00135. The molecule has 0 heterocycles. The zero-order valence-electron chi connectivity index (χ0n) is 14.1. The molecular weight excluding hydrogens is 322 g/mol. The predicted molar refractivity (Wildman–Crippen MR) is 86.9 cm³/mol. The van der Waals surface area contributed by atoms with Crippen LogP contribution in [0.1, 0.15) is 71.1 Å². The van der Waals surface area contributed by atoms with Gasteiger partial charge in [-0.3, -0.25) is 4.79 Å². The van der Waals surface area contributed by atoms with Crippen molar-refractivity contribution in [1.29, 1.82) is 0 Å². The third-order valence-electron chi connectivity index (χ3n) is 3.20. The largest absolute Gasteiger partial charge is 0.506 e. The lowest BCUT2D eigenvalue weighted by Crippen LogP contribution is -2.26. The van der Waals surface area contributed by atoms with Crippen LogP contribution >= 0.6 is 0 Å². The molecule has 0 rings (SSSR count). The van der Waals surface area contributed by atoms with Gasteiger partial charge < -0.3 is 13.7 Å². The normalized spacial score (nSPS) is 11.2. The van der Waals surface area contributed by atoms with E-state index in [1.54, 1.807) is 0 Å². The van der Waals surface area contributed by atoms with E-state index in [4.69, 9.17) is 0 Å². The third kappa shape index (κ3) is 14.2. The van der Waals surface area contributed by atoms with Gasteiger partial charge in [0.05, 0.1) is 6.54 Å². The van der Waals surface area contributed by atoms with Gasteiger partial charge in [0.25, 0.3) is 0 Å². The first-order valence-electron chi connectivity index (χ1n) is 8.25. The highest BCUT2D eigenvalue weighted by molar-refractivity contribution is 7.82. The Labute approximate surface area is 139 Å². The van der Waals surface area contributed by atoms with Crippen LogP contribution in [0.15, 0.2) is 0 Å². The number of carbonyl (C=O) groups is 2. The van der Waals surface area contributed by atoms with Gasteiger partial charge in [-0.25, -0.2) is 4.79 Å². The zero-order chi connectivity index (χ0) is 17.6. The van der Waals surface area contributed by atoms with Crippen LogP contribution in [0.25, 0.3) is 0 Å². The van der Waals surface area contributed by atoms with Crippen molar-refractivity contribution >= 4 is 22.3 Å². The summed E-state index contributed by atoms with van der Waals surface area (Å²) in [6.45, 7) is 1.90. The number of nitrogens with one attached hydrogen (secondary N) is 1. The summed E-state index contributed by atoms with van der Waals surface area (Å²) < 4.78 is 30.8. The maximum atomic E-state index is 11.4. The summed E-state index contributed by atoms with van der Waals surface area (Å²) in [5, 5.41) is 2.43. The van der Waals surface area contributed by atoms with Crippen LogP contribution in [0.2, 0.25) is 0 Å². The second-order valence-electron chi connectivity index (χ2n) is 5.43. The molecule has 8 heteroatoms. The van der Waals surface area contributed by atoms with Gasteiger partial charge in [0.1, 0.15) is 0 Å². The number of likely N-dealkylation sites (N-methyl/N-ethyl adjacent to an activating group) is 1. The molecule has 0 bridgehead atoms. The first-order chi connectivity index (χ1) is 10.9. The Hall–Kier alpha value is -1.15. The summed E-state index contributed by atoms with van der Waals surface area (Å²) in [6.07, 6.45) is 9.77. The molecule has 0 aromatic heterocycles. The fraction of sp³-hybridized carbons (Fsp3) is 0.867. The van der Waals surface area contributed by atoms with Crippen LogP contribution in [-0.2, 0) is 28.4 Å². The first-order valence-corrected chi connectivity index (χ1v) is 9.58. The Morgan fingerprint density at radius 1 is 0.826 bits per heavy atom. The summed E-state index contributed by atoms with van der Waals surface area (Å²) in [5.41, 5.74) is 0. The van der Waals surface area contributed by atoms with Crippen LogP contribution in [0.3, 0.4) is 0 Å². The lowest BCUT2D eigenvalue weighted by molar-refractivity contribution is -0.137. The van der Waals surface area contributed by atoms with Gasteiger partial charge in [0.15, 0.2) is 0 Å². The lowest BCUT2D eigenvalue weighted by Gasteiger charge is -2.05. The fourth-order valence-corrected chi connectivity index (χ4v) is 2.67. The molecule has 0 aliphatic rings. The number of carbonyl (C=O) groups excluding carboxylic acids is 2. The summed E-state index contributed by atoms with van der Waals surface area (Å²) in [4.78, 5) is 22.4. The topological polar surface area (TPSA) is 98.8 Å². The van der Waals surface area contributed by atoms with Crippen LogP contribution in [0.4, 0.5) is 0 Å². The molecule has 0 unspecified atom stereocenters. The molecule has 0 atom stereocenters. The summed E-state index contributed by atoms with van der Waals surface area (Å²) in [7, 11) is -3.14. The molecule has 0 aromatic carbocycles. The van der Waals surface area contributed by atoms with Crippen molar-refractivity contribution in [2.75, 3.05) is 13.6 Å². The molecule has 7 nitrogen and oxygen atoms in total. The number of hydrogen-bond acceptors (Lipinski definition) is 7. The van der Waals surface area contributed by atoms with Gasteiger partial charge in [0.2, 0.25) is 0 Å². The van der Waals surface area contributed by atoms with Crippen LogP contribution < -0.4 is 5.32 Å². The van der Waals surface area contributed by atoms with Gasteiger partial charge in [-0.05, 0) is 13.5 Å². The summed E-state index contributed by atoms with van der Waals surface area (Å²) in [6, 6.07) is 0. The SMILES string of the molecule is CCCCCCCCCCCC(=O)OS(=O)(=O)OC(=O)CNC. The van der Waals surface area contributed by atoms with Gasteiger partial charge in [-0.2, -0.15) is 0 Å². The van der Waals surface area contributed by atoms with Crippen LogP contribution in [0, 0.1) is 0 Å². The van der Waals surface area contributed by atoms with Crippen LogP contribution in [0.5, 0.6) is 0 Å². The van der Waals surface area contributed by atoms with Crippen molar-refractivity contribution in [3.8, 4) is 0 Å². The van der Waals surface area contributed by atoms with Crippen molar-refractivity contribution < 1.29 is 26.4 Å². The average Bonchev–Trinajstić information content (AvgIpc) is 2.44. The fourth-order valence-electron chi connectivity index (χ4n) is 2.04. The lowest BCUT2D eigenvalue weighted by atomic mass is 10.1. The molecule has 23 heavy (non-hydrogen) atoms. The highest BCUT2D eigenvalue weighted by atomic mass is 32.3. The molecule has 0 saturated carbocycles. The van der Waals surface area contributed by atoms with E-state index < -0.39 is 22.3 Å². The van der Waals surface area contributed by atoms with Gasteiger partial charge in [0, 0.05) is 6.42 Å². The number of unbranched alkanes of at least 4 members (excludes halogenated alkanes) is 8. The van der Waals surface area contributed by atoms with Gasteiger partial charge in [-0.1, -0.05) is 58.3 Å². The van der Waals surface area contributed by atoms with Gasteiger partial charge in [-0.15, -0.1) is 8.42 Å². The van der Waals surface area contributed by atoms with Crippen molar-refractivity contribution in [2.24, 2.45) is 0 Å². The Kier molecular flexibility index (Phi) is 12.6. The minimum atomic E-state index is -4.60. The van der Waals surface area contributed by atoms with E-state index in [1.807, 2.05) is 0 Å². The molecule has 0 amide bonds. The van der Waals surface area contributed by atoms with Crippen molar-refractivity contribution in [2.45, 2.75) is 71.1 Å². The van der Waals surface area contributed by atoms with E-state index in [2.05, 4.69) is 20.6 Å². The van der Waals surface area contributed by atoms with Crippen molar-refractivity contribution in [3.05, 3.63) is 0 Å². The zero-order valence-corrected chi connectivity index (χ0v) is 15.0. The summed E-state index contributed by atoms with van der Waals surface area (Å²) in [5.74, 6) is -1.92. The van der Waals surface area contributed by atoms with E-state index in [0.29, 0.717) is 6.42 Å². The molecule has 0 radical (unpaired) electrons. The maximum Gasteiger partial charge on any atom is 0.506 e. The van der Waals surface area contributed by atoms with E-state index in [9.17, 15) is 18.0 Å². The van der Waals surface area contributed by atoms with Gasteiger partial charge >= 0.3 is 22.3 Å². The molecule has 0 fully saturated rings. The van der Waals surface area contributed by atoms with E-state index in [-0.39, 0.29) is 13.0 Å². The van der Waals surface area contributed by atoms with E-state index in [1.165, 1.54) is 39.2 Å². The third-order valence-corrected chi connectivity index (χ3v) is 3.98. The molecule has 1 N–H and O–H groups in total. The molecular formula is C15H29NO6S. The molecule has 0 aromatic rings. The molecule has 0 saturated heterocycles. The molecule has 0 aliphatic heterocycles. The quantitative estimate of drug-likeness (QED) is 0.480. The Morgan fingerprint density at radius 2 is 1.30 bits per heavy atom. The smallest absolute Gasteiger partial charge is 0.316 e. The molecule has 0 aliphatic carbocycles. The second-order valence-corrected chi connectivity index (χ2v) is 6.58. The molecule has 136 valence electrons. The van der Waals surface area contributed by atoms with E-state index in [0.717, 1.165) is 19.3 Å². The van der Waals surface area contributed by atoms with E-state index >= 15 is 0 Å². The first kappa shape index (κ1) is 21.9. The second kappa shape index (κ2) is 13.3. The number of hydrogen-bond donors (Lipinski definition) is 1. The highest BCUT2D eigenvalue weighted by Crippen LogP contribution is 2.11. The summed E-state index contributed by atoms with van der Waals surface area (Å²) >= 11 is 0. The standard InChI is InChI=1S/C15H29NO6S/c1-3-4-5-6-7-8-9-10-11-12-14(17)21-23(19,20)22-15(18)13-16-2/h16H,3-13H2,1-2H3.